The van der Waals surface area contributed by atoms with Crippen LogP contribution in [0.2, 0.25) is 0 Å². The number of rotatable bonds is 1. The van der Waals surface area contributed by atoms with Crippen LogP contribution in [0.3, 0.4) is 0 Å². The summed E-state index contributed by atoms with van der Waals surface area (Å²) in [4.78, 5) is 0. The quantitative estimate of drug-likeness (QED) is 0.723. The van der Waals surface area contributed by atoms with Crippen molar-refractivity contribution in [1.82, 2.24) is 0 Å². The smallest absolute Gasteiger partial charge is 0.134 e. The Balaban J connectivity index is 2.02. The molecule has 2 aliphatic rings. The topological polar surface area (TPSA) is 22.4 Å². The second-order valence-corrected chi connectivity index (χ2v) is 4.83. The molecule has 1 aromatic carbocycles. The van der Waals surface area contributed by atoms with Gasteiger partial charge in [-0.05, 0) is 43.7 Å². The zero-order valence-corrected chi connectivity index (χ0v) is 9.16. The molecule has 1 aliphatic heterocycles. The zero-order chi connectivity index (χ0) is 10.5. The Kier molecular flexibility index (Phi) is 1.65. The van der Waals surface area contributed by atoms with Crippen LogP contribution in [0.5, 0.6) is 5.75 Å². The molecule has 82 valence electrons. The lowest BCUT2D eigenvalue weighted by molar-refractivity contribution is 0.289. The average molecular weight is 214 g/mol. The van der Waals surface area contributed by atoms with E-state index in [9.17, 15) is 0 Å². The molecule has 1 saturated carbocycles. The van der Waals surface area contributed by atoms with Crippen molar-refractivity contribution in [3.63, 3.8) is 0 Å². The highest BCUT2D eigenvalue weighted by molar-refractivity contribution is 5.88. The van der Waals surface area contributed by atoms with E-state index in [1.54, 1.807) is 0 Å². The van der Waals surface area contributed by atoms with Crippen LogP contribution in [0.4, 0.5) is 0 Å². The van der Waals surface area contributed by atoms with Gasteiger partial charge in [0.2, 0.25) is 0 Å². The maximum Gasteiger partial charge on any atom is 0.134 e. The van der Waals surface area contributed by atoms with Crippen molar-refractivity contribution in [3.05, 3.63) is 29.5 Å². The van der Waals surface area contributed by atoms with Crippen molar-refractivity contribution >= 4 is 11.0 Å². The van der Waals surface area contributed by atoms with E-state index in [2.05, 4.69) is 6.07 Å². The molecule has 0 amide bonds. The lowest BCUT2D eigenvalue weighted by Crippen LogP contribution is -2.08. The number of hydrogen-bond acceptors (Lipinski definition) is 2. The average Bonchev–Trinajstić information content (AvgIpc) is 3.08. The Morgan fingerprint density at radius 1 is 1.19 bits per heavy atom. The molecule has 0 bridgehead atoms. The molecule has 2 aromatic rings. The fourth-order valence-electron chi connectivity index (χ4n) is 2.72. The molecule has 2 heterocycles. The van der Waals surface area contributed by atoms with Crippen LogP contribution < -0.4 is 4.74 Å². The molecule has 0 radical (unpaired) electrons. The fraction of sp³-hybridized carbons (Fsp3) is 0.429. The van der Waals surface area contributed by atoms with Crippen molar-refractivity contribution in [2.75, 3.05) is 6.61 Å². The highest BCUT2D eigenvalue weighted by atomic mass is 16.5. The molecule has 0 atom stereocenters. The summed E-state index contributed by atoms with van der Waals surface area (Å²) in [5.41, 5.74) is 3.82. The number of benzene rings is 1. The van der Waals surface area contributed by atoms with Crippen molar-refractivity contribution < 1.29 is 9.15 Å². The summed E-state index contributed by atoms with van der Waals surface area (Å²) >= 11 is 0. The van der Waals surface area contributed by atoms with E-state index in [4.69, 9.17) is 9.15 Å². The molecule has 2 heteroatoms. The van der Waals surface area contributed by atoms with Gasteiger partial charge in [0, 0.05) is 16.5 Å². The Morgan fingerprint density at radius 3 is 3.00 bits per heavy atom. The lowest BCUT2D eigenvalue weighted by Gasteiger charge is -2.18. The Bertz CT molecular complexity index is 549. The number of ether oxygens (including phenoxy) is 1. The number of fused-ring (bicyclic) bond motifs is 3. The van der Waals surface area contributed by atoms with Gasteiger partial charge in [-0.3, -0.25) is 0 Å². The number of furan rings is 1. The molecule has 16 heavy (non-hydrogen) atoms. The third-order valence-electron chi connectivity index (χ3n) is 3.68. The van der Waals surface area contributed by atoms with E-state index in [-0.39, 0.29) is 0 Å². The summed E-state index contributed by atoms with van der Waals surface area (Å²) in [5, 5.41) is 1.35. The van der Waals surface area contributed by atoms with Gasteiger partial charge < -0.3 is 9.15 Å². The summed E-state index contributed by atoms with van der Waals surface area (Å²) in [7, 11) is 0. The van der Waals surface area contributed by atoms with E-state index >= 15 is 0 Å². The van der Waals surface area contributed by atoms with Crippen molar-refractivity contribution in [1.29, 1.82) is 0 Å². The van der Waals surface area contributed by atoms with Crippen LogP contribution in [-0.2, 0) is 6.42 Å². The van der Waals surface area contributed by atoms with Gasteiger partial charge in [-0.1, -0.05) is 0 Å². The van der Waals surface area contributed by atoms with Gasteiger partial charge >= 0.3 is 0 Å². The second kappa shape index (κ2) is 3.03. The molecule has 0 N–H and O–H groups in total. The number of hydrogen-bond donors (Lipinski definition) is 0. The van der Waals surface area contributed by atoms with E-state index in [1.165, 1.54) is 29.4 Å². The minimum Gasteiger partial charge on any atom is -0.493 e. The van der Waals surface area contributed by atoms with Crippen molar-refractivity contribution in [3.8, 4) is 5.75 Å². The normalized spacial score (nSPS) is 19.5. The van der Waals surface area contributed by atoms with Crippen LogP contribution in [0.1, 0.15) is 36.3 Å². The SMILES string of the molecule is c1cc2occ(C3CC3)c2c2c1OCCC2. The molecule has 0 spiro atoms. The third-order valence-corrected chi connectivity index (χ3v) is 3.68. The lowest BCUT2D eigenvalue weighted by atomic mass is 9.98. The van der Waals surface area contributed by atoms with Crippen molar-refractivity contribution in [2.45, 2.75) is 31.6 Å². The van der Waals surface area contributed by atoms with E-state index in [0.717, 1.165) is 36.7 Å². The van der Waals surface area contributed by atoms with Gasteiger partial charge in [-0.25, -0.2) is 0 Å². The molecule has 4 rings (SSSR count). The van der Waals surface area contributed by atoms with Crippen LogP contribution >= 0.6 is 0 Å². The first-order valence-corrected chi connectivity index (χ1v) is 6.09. The monoisotopic (exact) mass is 214 g/mol. The minimum absolute atomic E-state index is 0.745. The highest BCUT2D eigenvalue weighted by Crippen LogP contribution is 2.46. The van der Waals surface area contributed by atoms with Crippen LogP contribution in [-0.4, -0.2) is 6.61 Å². The minimum atomic E-state index is 0.745. The van der Waals surface area contributed by atoms with Crippen LogP contribution in [0, 0.1) is 0 Å². The van der Waals surface area contributed by atoms with Gasteiger partial charge in [-0.15, -0.1) is 0 Å². The predicted molar refractivity (Wildman–Crippen MR) is 62.0 cm³/mol. The zero-order valence-electron chi connectivity index (χ0n) is 9.16. The van der Waals surface area contributed by atoms with Crippen molar-refractivity contribution in [2.24, 2.45) is 0 Å². The molecular weight excluding hydrogens is 200 g/mol. The molecular formula is C14H14O2. The number of aryl methyl sites for hydroxylation is 1. The molecule has 0 saturated heterocycles. The van der Waals surface area contributed by atoms with Gasteiger partial charge in [0.15, 0.2) is 0 Å². The summed E-state index contributed by atoms with van der Waals surface area (Å²) < 4.78 is 11.4. The van der Waals surface area contributed by atoms with E-state index in [0.29, 0.717) is 0 Å². The van der Waals surface area contributed by atoms with E-state index < -0.39 is 0 Å². The molecule has 0 unspecified atom stereocenters. The Hall–Kier alpha value is -1.44. The third kappa shape index (κ3) is 1.13. The maximum atomic E-state index is 5.71. The fourth-order valence-corrected chi connectivity index (χ4v) is 2.72. The van der Waals surface area contributed by atoms with Gasteiger partial charge in [0.1, 0.15) is 11.3 Å². The first-order valence-electron chi connectivity index (χ1n) is 6.09. The maximum absolute atomic E-state index is 5.71. The van der Waals surface area contributed by atoms with Gasteiger partial charge in [0.25, 0.3) is 0 Å². The highest BCUT2D eigenvalue weighted by Gasteiger charge is 2.29. The van der Waals surface area contributed by atoms with Crippen LogP contribution in [0.25, 0.3) is 11.0 Å². The summed E-state index contributed by atoms with van der Waals surface area (Å²) in [6, 6.07) is 4.10. The molecule has 2 nitrogen and oxygen atoms in total. The second-order valence-electron chi connectivity index (χ2n) is 4.83. The summed E-state index contributed by atoms with van der Waals surface area (Å²) in [6.07, 6.45) is 6.85. The molecule has 1 aliphatic carbocycles. The largest absolute Gasteiger partial charge is 0.493 e. The Labute approximate surface area is 94.2 Å². The van der Waals surface area contributed by atoms with E-state index in [1.807, 2.05) is 12.3 Å². The Morgan fingerprint density at radius 2 is 2.12 bits per heavy atom. The first-order chi connectivity index (χ1) is 7.93. The summed E-state index contributed by atoms with van der Waals surface area (Å²) in [5.74, 6) is 1.82. The van der Waals surface area contributed by atoms with Gasteiger partial charge in [-0.2, -0.15) is 0 Å². The van der Waals surface area contributed by atoms with Crippen LogP contribution in [0.15, 0.2) is 22.8 Å². The summed E-state index contributed by atoms with van der Waals surface area (Å²) in [6.45, 7) is 0.856. The molecule has 1 aromatic heterocycles. The predicted octanol–water partition coefficient (Wildman–Crippen LogP) is 3.64. The van der Waals surface area contributed by atoms with Gasteiger partial charge in [0.05, 0.1) is 12.9 Å². The molecule has 1 fully saturated rings. The standard InChI is InChI=1S/C14H14O2/c1-2-10-12(15-7-1)5-6-13-14(10)11(8-16-13)9-3-4-9/h5-6,8-9H,1-4,7H2. The first kappa shape index (κ1) is 8.68.